The van der Waals surface area contributed by atoms with E-state index in [0.29, 0.717) is 11.2 Å². The van der Waals surface area contributed by atoms with Crippen LogP contribution in [-0.2, 0) is 0 Å². The molecule has 0 aliphatic rings. The fourth-order valence-electron chi connectivity index (χ4n) is 1.37. The van der Waals surface area contributed by atoms with Crippen molar-refractivity contribution >= 4 is 16.6 Å². The van der Waals surface area contributed by atoms with Gasteiger partial charge in [-0.3, -0.25) is 9.80 Å². The van der Waals surface area contributed by atoms with E-state index < -0.39 is 0 Å². The van der Waals surface area contributed by atoms with Crippen LogP contribution in [-0.4, -0.2) is 17.2 Å². The molecule has 0 atom stereocenters. The highest BCUT2D eigenvalue weighted by atomic mass is 16.1. The van der Waals surface area contributed by atoms with Crippen LogP contribution in [0.15, 0.2) is 29.1 Å². The summed E-state index contributed by atoms with van der Waals surface area (Å²) in [6.07, 6.45) is 0. The van der Waals surface area contributed by atoms with Gasteiger partial charge in [0.1, 0.15) is 0 Å². The van der Waals surface area contributed by atoms with E-state index in [1.54, 1.807) is 19.2 Å². The molecule has 0 fully saturated rings. The van der Waals surface area contributed by atoms with E-state index >= 15 is 0 Å². The summed E-state index contributed by atoms with van der Waals surface area (Å²) in [7, 11) is 1.67. The average Bonchev–Trinajstić information content (AvgIpc) is 2.18. The van der Waals surface area contributed by atoms with E-state index in [-0.39, 0.29) is 5.56 Å². The van der Waals surface area contributed by atoms with Gasteiger partial charge in [0.15, 0.2) is 5.82 Å². The Morgan fingerprint density at radius 2 is 2.00 bits per heavy atom. The lowest BCUT2D eigenvalue weighted by Crippen LogP contribution is -2.28. The van der Waals surface area contributed by atoms with E-state index in [0.717, 1.165) is 5.39 Å². The maximum atomic E-state index is 11.4. The Morgan fingerprint density at radius 3 is 2.64 bits per heavy atom. The zero-order valence-corrected chi connectivity index (χ0v) is 7.69. The molecule has 2 rings (SSSR count). The van der Waals surface area contributed by atoms with Crippen LogP contribution in [0.25, 0.3) is 10.8 Å². The summed E-state index contributed by atoms with van der Waals surface area (Å²) in [5.41, 5.74) is -0.203. The molecule has 1 aromatic heterocycles. The zero-order valence-electron chi connectivity index (χ0n) is 7.69. The monoisotopic (exact) mass is 190 g/mol. The molecule has 0 bridgehead atoms. The van der Waals surface area contributed by atoms with Crippen molar-refractivity contribution < 1.29 is 0 Å². The predicted molar refractivity (Wildman–Crippen MR) is 55.0 cm³/mol. The number of nitrogens with zero attached hydrogens (tertiary/aromatic N) is 2. The zero-order chi connectivity index (χ0) is 10.1. The molecule has 0 radical (unpaired) electrons. The van der Waals surface area contributed by atoms with Crippen LogP contribution in [0.5, 0.6) is 0 Å². The van der Waals surface area contributed by atoms with Crippen LogP contribution >= 0.6 is 0 Å². The molecule has 0 saturated heterocycles. The first-order valence-electron chi connectivity index (χ1n) is 4.16. The second-order valence-electron chi connectivity index (χ2n) is 3.03. The second kappa shape index (κ2) is 3.12. The SMILES string of the molecule is CN(N)c1n[nH]c(=O)c2ccccc12. The van der Waals surface area contributed by atoms with Gasteiger partial charge in [0, 0.05) is 12.4 Å². The van der Waals surface area contributed by atoms with Crippen LogP contribution in [0, 0.1) is 0 Å². The highest BCUT2D eigenvalue weighted by Gasteiger charge is 2.06. The number of hydrogen-bond donors (Lipinski definition) is 2. The van der Waals surface area contributed by atoms with Gasteiger partial charge in [0.25, 0.3) is 5.56 Å². The molecule has 0 saturated carbocycles. The number of fused-ring (bicyclic) bond motifs is 1. The van der Waals surface area contributed by atoms with Gasteiger partial charge in [0.05, 0.1) is 5.39 Å². The lowest BCUT2D eigenvalue weighted by atomic mass is 10.2. The van der Waals surface area contributed by atoms with Crippen LogP contribution in [0.2, 0.25) is 0 Å². The minimum atomic E-state index is -0.203. The number of benzene rings is 1. The molecular weight excluding hydrogens is 180 g/mol. The maximum absolute atomic E-state index is 11.4. The Morgan fingerprint density at radius 1 is 1.36 bits per heavy atom. The summed E-state index contributed by atoms with van der Waals surface area (Å²) < 4.78 is 0. The van der Waals surface area contributed by atoms with Crippen LogP contribution in [0.1, 0.15) is 0 Å². The third kappa shape index (κ3) is 1.23. The van der Waals surface area contributed by atoms with Crippen molar-refractivity contribution in [2.24, 2.45) is 5.84 Å². The van der Waals surface area contributed by atoms with Crippen molar-refractivity contribution in [3.8, 4) is 0 Å². The van der Waals surface area contributed by atoms with Gasteiger partial charge in [-0.1, -0.05) is 18.2 Å². The molecule has 2 aromatic rings. The molecule has 1 heterocycles. The number of nitrogens with one attached hydrogen (secondary N) is 1. The maximum Gasteiger partial charge on any atom is 0.272 e. The number of aromatic nitrogens is 2. The minimum Gasteiger partial charge on any atom is -0.296 e. The summed E-state index contributed by atoms with van der Waals surface area (Å²) in [6.45, 7) is 0. The standard InChI is InChI=1S/C9H10N4O/c1-13(10)8-6-4-2-3-5-7(6)9(14)12-11-8/h2-5H,10H2,1H3,(H,12,14). The Kier molecular flexibility index (Phi) is 1.94. The van der Waals surface area contributed by atoms with Crippen LogP contribution in [0.4, 0.5) is 5.82 Å². The third-order valence-electron chi connectivity index (χ3n) is 2.01. The molecular formula is C9H10N4O. The number of nitrogens with two attached hydrogens (primary N) is 1. The average molecular weight is 190 g/mol. The molecule has 0 aliphatic carbocycles. The molecule has 0 amide bonds. The van der Waals surface area contributed by atoms with Crippen molar-refractivity contribution in [2.75, 3.05) is 12.1 Å². The van der Waals surface area contributed by atoms with Gasteiger partial charge >= 0.3 is 0 Å². The Hall–Kier alpha value is -1.88. The van der Waals surface area contributed by atoms with Gasteiger partial charge in [-0.15, -0.1) is 0 Å². The van der Waals surface area contributed by atoms with Crippen LogP contribution in [0.3, 0.4) is 0 Å². The first kappa shape index (κ1) is 8.71. The number of rotatable bonds is 1. The predicted octanol–water partition coefficient (Wildman–Crippen LogP) is 0.233. The van der Waals surface area contributed by atoms with E-state index in [4.69, 9.17) is 5.84 Å². The fraction of sp³-hybridized carbons (Fsp3) is 0.111. The molecule has 3 N–H and O–H groups in total. The molecule has 0 aliphatic heterocycles. The van der Waals surface area contributed by atoms with E-state index in [2.05, 4.69) is 10.2 Å². The quantitative estimate of drug-likeness (QED) is 0.498. The van der Waals surface area contributed by atoms with Crippen molar-refractivity contribution in [3.63, 3.8) is 0 Å². The van der Waals surface area contributed by atoms with E-state index in [1.807, 2.05) is 12.1 Å². The van der Waals surface area contributed by atoms with E-state index in [9.17, 15) is 4.79 Å². The first-order chi connectivity index (χ1) is 6.70. The van der Waals surface area contributed by atoms with Crippen molar-refractivity contribution in [1.82, 2.24) is 10.2 Å². The number of H-pyrrole nitrogens is 1. The van der Waals surface area contributed by atoms with Gasteiger partial charge < -0.3 is 0 Å². The number of hydrazine groups is 1. The first-order valence-corrected chi connectivity index (χ1v) is 4.16. The van der Waals surface area contributed by atoms with Crippen molar-refractivity contribution in [3.05, 3.63) is 34.6 Å². The third-order valence-corrected chi connectivity index (χ3v) is 2.01. The highest BCUT2D eigenvalue weighted by Crippen LogP contribution is 2.17. The minimum absolute atomic E-state index is 0.203. The summed E-state index contributed by atoms with van der Waals surface area (Å²) >= 11 is 0. The molecule has 72 valence electrons. The van der Waals surface area contributed by atoms with Crippen LogP contribution < -0.4 is 16.4 Å². The van der Waals surface area contributed by atoms with Crippen molar-refractivity contribution in [2.45, 2.75) is 0 Å². The van der Waals surface area contributed by atoms with Gasteiger partial charge in [-0.25, -0.2) is 10.9 Å². The lowest BCUT2D eigenvalue weighted by Gasteiger charge is -2.11. The highest BCUT2D eigenvalue weighted by molar-refractivity contribution is 5.90. The summed E-state index contributed by atoms with van der Waals surface area (Å²) in [6, 6.07) is 7.20. The Bertz CT molecular complexity index is 517. The fourth-order valence-corrected chi connectivity index (χ4v) is 1.37. The largest absolute Gasteiger partial charge is 0.296 e. The normalized spacial score (nSPS) is 10.4. The lowest BCUT2D eigenvalue weighted by molar-refractivity contribution is 0.918. The van der Waals surface area contributed by atoms with E-state index in [1.165, 1.54) is 5.01 Å². The topological polar surface area (TPSA) is 75.0 Å². The molecule has 0 spiro atoms. The Balaban J connectivity index is 2.89. The number of aromatic amines is 1. The molecule has 5 nitrogen and oxygen atoms in total. The van der Waals surface area contributed by atoms with Gasteiger partial charge in [0.2, 0.25) is 0 Å². The second-order valence-corrected chi connectivity index (χ2v) is 3.03. The van der Waals surface area contributed by atoms with Crippen molar-refractivity contribution in [1.29, 1.82) is 0 Å². The summed E-state index contributed by atoms with van der Waals surface area (Å²) in [5, 5.41) is 8.98. The molecule has 1 aromatic carbocycles. The Labute approximate surface area is 80.1 Å². The van der Waals surface area contributed by atoms with Gasteiger partial charge in [-0.2, -0.15) is 5.10 Å². The molecule has 0 unspecified atom stereocenters. The summed E-state index contributed by atoms with van der Waals surface area (Å²) in [5.74, 6) is 6.13. The van der Waals surface area contributed by atoms with Gasteiger partial charge in [-0.05, 0) is 6.07 Å². The molecule has 5 heteroatoms. The molecule has 14 heavy (non-hydrogen) atoms. The number of anilines is 1. The summed E-state index contributed by atoms with van der Waals surface area (Å²) in [4.78, 5) is 11.4. The number of hydrogen-bond acceptors (Lipinski definition) is 4. The smallest absolute Gasteiger partial charge is 0.272 e.